The predicted octanol–water partition coefficient (Wildman–Crippen LogP) is 2.60. The molecule has 1 aromatic rings. The summed E-state index contributed by atoms with van der Waals surface area (Å²) in [5, 5.41) is 22.7. The maximum absolute atomic E-state index is 11.1. The normalized spacial score (nSPS) is 14.8. The Labute approximate surface area is 125 Å². The van der Waals surface area contributed by atoms with Crippen molar-refractivity contribution >= 4 is 28.3 Å². The first-order valence-corrected chi connectivity index (χ1v) is 7.08. The molecule has 8 nitrogen and oxygen atoms in total. The Morgan fingerprint density at radius 1 is 1.24 bits per heavy atom. The number of hydrogen-bond acceptors (Lipinski definition) is 7. The molecule has 0 atom stereocenters. The van der Waals surface area contributed by atoms with Gasteiger partial charge in [-0.05, 0) is 31.2 Å². The van der Waals surface area contributed by atoms with E-state index >= 15 is 0 Å². The minimum absolute atomic E-state index is 0.245. The fourth-order valence-corrected chi connectivity index (χ4v) is 3.06. The van der Waals surface area contributed by atoms with Crippen LogP contribution in [0.15, 0.2) is 22.0 Å². The molecule has 21 heavy (non-hydrogen) atoms. The lowest BCUT2D eigenvalue weighted by molar-refractivity contribution is -0.396. The predicted molar refractivity (Wildman–Crippen MR) is 79.9 cm³/mol. The van der Waals surface area contributed by atoms with Crippen molar-refractivity contribution in [2.45, 2.75) is 18.2 Å². The van der Waals surface area contributed by atoms with Gasteiger partial charge in [0.1, 0.15) is 0 Å². The highest BCUT2D eigenvalue weighted by Crippen LogP contribution is 2.36. The monoisotopic (exact) mass is 310 g/mol. The van der Waals surface area contributed by atoms with Crippen molar-refractivity contribution in [2.75, 3.05) is 20.1 Å². The van der Waals surface area contributed by atoms with Crippen molar-refractivity contribution in [3.8, 4) is 0 Å². The third-order valence-electron chi connectivity index (χ3n) is 3.10. The average Bonchev–Trinajstić information content (AvgIpc) is 2.40. The molecule has 1 aromatic carbocycles. The number of aliphatic imine (C=N–C) groups is 1. The number of aryl methyl sites for hydroxylation is 1. The molecule has 0 unspecified atom stereocenters. The van der Waals surface area contributed by atoms with E-state index < -0.39 is 9.85 Å². The summed E-state index contributed by atoms with van der Waals surface area (Å²) in [5.74, 6) is 0. The minimum atomic E-state index is -0.610. The van der Waals surface area contributed by atoms with Gasteiger partial charge < -0.3 is 4.90 Å². The average molecular weight is 310 g/mol. The van der Waals surface area contributed by atoms with Gasteiger partial charge in [-0.3, -0.25) is 25.2 Å². The second-order valence-corrected chi connectivity index (χ2v) is 5.67. The first kappa shape index (κ1) is 15.2. The molecule has 1 aliphatic rings. The van der Waals surface area contributed by atoms with Crippen LogP contribution in [0.4, 0.5) is 11.4 Å². The van der Waals surface area contributed by atoms with Crippen LogP contribution in [0, 0.1) is 27.2 Å². The first-order chi connectivity index (χ1) is 9.90. The van der Waals surface area contributed by atoms with Crippen LogP contribution in [-0.2, 0) is 0 Å². The van der Waals surface area contributed by atoms with Crippen molar-refractivity contribution in [2.24, 2.45) is 4.99 Å². The molecule has 0 saturated heterocycles. The van der Waals surface area contributed by atoms with Gasteiger partial charge in [0.2, 0.25) is 0 Å². The molecular formula is C12H14N4O4S. The van der Waals surface area contributed by atoms with Gasteiger partial charge in [-0.25, -0.2) is 0 Å². The molecule has 112 valence electrons. The van der Waals surface area contributed by atoms with Crippen LogP contribution >= 0.6 is 11.8 Å². The molecule has 0 saturated carbocycles. The molecule has 0 bridgehead atoms. The zero-order valence-electron chi connectivity index (χ0n) is 11.6. The van der Waals surface area contributed by atoms with Crippen molar-refractivity contribution in [3.05, 3.63) is 37.9 Å². The number of thioether (sulfide) groups is 1. The lowest BCUT2D eigenvalue weighted by atomic mass is 10.2. The molecule has 0 aliphatic carbocycles. The lowest BCUT2D eigenvalue weighted by Gasteiger charge is -2.24. The highest BCUT2D eigenvalue weighted by atomic mass is 32.2. The molecule has 2 rings (SSSR count). The first-order valence-electron chi connectivity index (χ1n) is 6.27. The highest BCUT2D eigenvalue weighted by Gasteiger charge is 2.25. The van der Waals surface area contributed by atoms with Crippen molar-refractivity contribution in [3.63, 3.8) is 0 Å². The van der Waals surface area contributed by atoms with E-state index in [1.54, 1.807) is 6.92 Å². The number of amidine groups is 1. The summed E-state index contributed by atoms with van der Waals surface area (Å²) in [5.41, 5.74) is -0.115. The highest BCUT2D eigenvalue weighted by molar-refractivity contribution is 8.13. The van der Waals surface area contributed by atoms with Gasteiger partial charge in [0.25, 0.3) is 11.4 Å². The van der Waals surface area contributed by atoms with E-state index in [0.717, 1.165) is 19.0 Å². The van der Waals surface area contributed by atoms with Crippen molar-refractivity contribution in [1.29, 1.82) is 0 Å². The van der Waals surface area contributed by atoms with Crippen molar-refractivity contribution in [1.82, 2.24) is 4.90 Å². The number of nitro benzene ring substituents is 2. The molecular weight excluding hydrogens is 296 g/mol. The molecule has 0 aromatic heterocycles. The zero-order valence-corrected chi connectivity index (χ0v) is 12.4. The fraction of sp³-hybridized carbons (Fsp3) is 0.417. The summed E-state index contributed by atoms with van der Waals surface area (Å²) in [7, 11) is 1.87. The Morgan fingerprint density at radius 2 is 1.90 bits per heavy atom. The lowest BCUT2D eigenvalue weighted by Crippen LogP contribution is -2.29. The van der Waals surface area contributed by atoms with Crippen LogP contribution in [0.5, 0.6) is 0 Å². The number of hydrogen-bond donors (Lipinski definition) is 0. The van der Waals surface area contributed by atoms with Gasteiger partial charge >= 0.3 is 0 Å². The Kier molecular flexibility index (Phi) is 4.41. The second kappa shape index (κ2) is 6.08. The number of rotatable bonds is 3. The van der Waals surface area contributed by atoms with E-state index in [0.29, 0.717) is 22.2 Å². The van der Waals surface area contributed by atoms with Crippen molar-refractivity contribution < 1.29 is 9.85 Å². The van der Waals surface area contributed by atoms with Crippen LogP contribution in [0.2, 0.25) is 0 Å². The smallest absolute Gasteiger partial charge is 0.290 e. The van der Waals surface area contributed by atoms with Gasteiger partial charge in [-0.1, -0.05) is 0 Å². The van der Waals surface area contributed by atoms with Crippen LogP contribution in [0.1, 0.15) is 12.0 Å². The molecule has 0 radical (unpaired) electrons. The number of benzene rings is 1. The van der Waals surface area contributed by atoms with Crippen LogP contribution in [0.25, 0.3) is 0 Å². The molecule has 0 amide bonds. The molecule has 1 heterocycles. The standard InChI is InChI=1S/C12H14N4O4S/c1-8-6-11(21-12-13-4-3-5-14(12)2)10(16(19)20)7-9(8)15(17)18/h6-7H,3-5H2,1-2H3. The fourth-order valence-electron chi connectivity index (χ4n) is 1.99. The van der Waals surface area contributed by atoms with Gasteiger partial charge in [-0.15, -0.1) is 0 Å². The van der Waals surface area contributed by atoms with Crippen LogP contribution < -0.4 is 0 Å². The SMILES string of the molecule is Cc1cc(SC2=NCCCN2C)c([N+](=O)[O-])cc1[N+](=O)[O-]. The molecule has 0 fully saturated rings. The summed E-state index contributed by atoms with van der Waals surface area (Å²) in [6, 6.07) is 2.49. The van der Waals surface area contributed by atoms with Crippen LogP contribution in [0.3, 0.4) is 0 Å². The van der Waals surface area contributed by atoms with E-state index in [1.807, 2.05) is 11.9 Å². The second-order valence-electron chi connectivity index (χ2n) is 4.66. The maximum Gasteiger partial charge on any atom is 0.290 e. The van der Waals surface area contributed by atoms with E-state index in [2.05, 4.69) is 4.99 Å². The van der Waals surface area contributed by atoms with E-state index in [4.69, 9.17) is 0 Å². The molecule has 9 heteroatoms. The molecule has 0 N–H and O–H groups in total. The largest absolute Gasteiger partial charge is 0.354 e. The van der Waals surface area contributed by atoms with Gasteiger partial charge in [0.15, 0.2) is 5.17 Å². The Bertz CT molecular complexity index is 632. The third kappa shape index (κ3) is 3.30. The summed E-state index contributed by atoms with van der Waals surface area (Å²) in [4.78, 5) is 27.5. The Hall–Kier alpha value is -2.16. The summed E-state index contributed by atoms with van der Waals surface area (Å²) < 4.78 is 0. The van der Waals surface area contributed by atoms with E-state index in [-0.39, 0.29) is 11.4 Å². The van der Waals surface area contributed by atoms with Gasteiger partial charge in [0, 0.05) is 25.7 Å². The quantitative estimate of drug-likeness (QED) is 0.628. The Morgan fingerprint density at radius 3 is 2.48 bits per heavy atom. The van der Waals surface area contributed by atoms with Gasteiger partial charge in [0.05, 0.1) is 20.8 Å². The Balaban J connectivity index is 2.43. The number of nitrogens with zero attached hydrogens (tertiary/aromatic N) is 4. The topological polar surface area (TPSA) is 102 Å². The summed E-state index contributed by atoms with van der Waals surface area (Å²) in [6.45, 7) is 3.09. The number of nitro groups is 2. The zero-order chi connectivity index (χ0) is 15.6. The summed E-state index contributed by atoms with van der Waals surface area (Å²) >= 11 is 1.17. The van der Waals surface area contributed by atoms with Gasteiger partial charge in [-0.2, -0.15) is 0 Å². The molecule has 1 aliphatic heterocycles. The van der Waals surface area contributed by atoms with E-state index in [9.17, 15) is 20.2 Å². The maximum atomic E-state index is 11.1. The van der Waals surface area contributed by atoms with Crippen LogP contribution in [-0.4, -0.2) is 40.1 Å². The molecule has 0 spiro atoms. The third-order valence-corrected chi connectivity index (χ3v) is 4.27. The van der Waals surface area contributed by atoms with E-state index in [1.165, 1.54) is 17.8 Å². The summed E-state index contributed by atoms with van der Waals surface area (Å²) in [6.07, 6.45) is 0.946. The minimum Gasteiger partial charge on any atom is -0.354 e.